The van der Waals surface area contributed by atoms with Crippen LogP contribution in [0.4, 0.5) is 0 Å². The van der Waals surface area contributed by atoms with E-state index in [1.165, 1.54) is 0 Å². The average molecular weight is 372 g/mol. The number of rotatable bonds is 4. The van der Waals surface area contributed by atoms with Crippen molar-refractivity contribution in [2.75, 3.05) is 13.1 Å². The van der Waals surface area contributed by atoms with Crippen molar-refractivity contribution in [1.29, 1.82) is 0 Å². The molecule has 2 amide bonds. The summed E-state index contributed by atoms with van der Waals surface area (Å²) in [6, 6.07) is 3.91. The van der Waals surface area contributed by atoms with Crippen molar-refractivity contribution in [2.24, 2.45) is 5.92 Å². The minimum Gasteiger partial charge on any atom is -0.338 e. The van der Waals surface area contributed by atoms with Gasteiger partial charge in [0.05, 0.1) is 29.3 Å². The van der Waals surface area contributed by atoms with Gasteiger partial charge in [-0.2, -0.15) is 0 Å². The van der Waals surface area contributed by atoms with Gasteiger partial charge in [-0.15, -0.1) is 11.3 Å². The Bertz CT molecular complexity index is 840. The van der Waals surface area contributed by atoms with Crippen molar-refractivity contribution in [3.05, 3.63) is 40.1 Å². The summed E-state index contributed by atoms with van der Waals surface area (Å²) in [5.74, 6) is 0.544. The van der Waals surface area contributed by atoms with E-state index in [-0.39, 0.29) is 23.9 Å². The number of carbonyl (C=O) groups excluding carboxylic acids is 2. The second-order valence-corrected chi connectivity index (χ2v) is 8.69. The molecule has 1 fully saturated rings. The van der Waals surface area contributed by atoms with Crippen molar-refractivity contribution in [3.63, 3.8) is 0 Å². The van der Waals surface area contributed by atoms with Crippen LogP contribution in [0.2, 0.25) is 0 Å². The van der Waals surface area contributed by atoms with Crippen molar-refractivity contribution in [1.82, 2.24) is 19.4 Å². The van der Waals surface area contributed by atoms with Crippen molar-refractivity contribution in [2.45, 2.75) is 45.8 Å². The lowest BCUT2D eigenvalue weighted by atomic mass is 10.1. The van der Waals surface area contributed by atoms with Crippen LogP contribution in [-0.4, -0.2) is 50.3 Å². The Morgan fingerprint density at radius 3 is 2.81 bits per heavy atom. The maximum absolute atomic E-state index is 13.1. The Kier molecular flexibility index (Phi) is 4.34. The fourth-order valence-corrected chi connectivity index (χ4v) is 4.64. The number of amides is 2. The van der Waals surface area contributed by atoms with E-state index in [0.717, 1.165) is 10.7 Å². The summed E-state index contributed by atoms with van der Waals surface area (Å²) in [4.78, 5) is 34.0. The number of aromatic nitrogens is 2. The fraction of sp³-hybridized carbons (Fsp3) is 0.526. The van der Waals surface area contributed by atoms with Gasteiger partial charge in [0.15, 0.2) is 0 Å². The van der Waals surface area contributed by atoms with Gasteiger partial charge in [-0.25, -0.2) is 4.98 Å². The summed E-state index contributed by atoms with van der Waals surface area (Å²) in [5, 5.41) is 3.02. The number of hydrogen-bond acceptors (Lipinski definition) is 4. The Morgan fingerprint density at radius 2 is 2.12 bits per heavy atom. The molecule has 0 bridgehead atoms. The monoisotopic (exact) mass is 372 g/mol. The Labute approximate surface area is 157 Å². The van der Waals surface area contributed by atoms with E-state index >= 15 is 0 Å². The van der Waals surface area contributed by atoms with Gasteiger partial charge in [0.25, 0.3) is 5.91 Å². The van der Waals surface area contributed by atoms with Gasteiger partial charge in [-0.1, -0.05) is 13.8 Å². The van der Waals surface area contributed by atoms with Crippen LogP contribution >= 0.6 is 11.3 Å². The minimum atomic E-state index is 0.000480. The first-order chi connectivity index (χ1) is 12.4. The SMILES string of the molecule is Cc1nc(CN2C(=O)c3cccn3[C@@H]3CN(C(=O)CC(C)C)C[C@@H]32)cs1. The second-order valence-electron chi connectivity index (χ2n) is 7.62. The molecule has 4 heterocycles. The van der Waals surface area contributed by atoms with Crippen LogP contribution in [-0.2, 0) is 11.3 Å². The third kappa shape index (κ3) is 2.94. The third-order valence-electron chi connectivity index (χ3n) is 5.21. The molecule has 0 radical (unpaired) electrons. The molecule has 0 N–H and O–H groups in total. The highest BCUT2D eigenvalue weighted by Gasteiger charge is 2.46. The molecule has 1 saturated heterocycles. The first-order valence-electron chi connectivity index (χ1n) is 9.10. The first-order valence-corrected chi connectivity index (χ1v) is 9.98. The van der Waals surface area contributed by atoms with Crippen molar-refractivity contribution in [3.8, 4) is 0 Å². The van der Waals surface area contributed by atoms with Crippen molar-refractivity contribution < 1.29 is 9.59 Å². The molecule has 7 heteroatoms. The Hall–Kier alpha value is -2.15. The standard InChI is InChI=1S/C19H24N4O2S/c1-12(2)7-18(24)21-9-16-17(10-21)23(8-14-11-26-13(3)20-14)19(25)15-5-4-6-22(15)16/h4-6,11-12,16-17H,7-10H2,1-3H3/t16-,17+/m1/s1. The van der Waals surface area contributed by atoms with Crippen LogP contribution < -0.4 is 0 Å². The van der Waals surface area contributed by atoms with Gasteiger partial charge in [-0.05, 0) is 25.0 Å². The van der Waals surface area contributed by atoms with E-state index in [4.69, 9.17) is 0 Å². The van der Waals surface area contributed by atoms with Crippen LogP contribution in [0, 0.1) is 12.8 Å². The highest BCUT2D eigenvalue weighted by atomic mass is 32.1. The van der Waals surface area contributed by atoms with E-state index in [1.54, 1.807) is 11.3 Å². The van der Waals surface area contributed by atoms with Crippen LogP contribution in [0.3, 0.4) is 0 Å². The predicted molar refractivity (Wildman–Crippen MR) is 100 cm³/mol. The number of likely N-dealkylation sites (tertiary alicyclic amines) is 1. The van der Waals surface area contributed by atoms with Gasteiger partial charge in [0, 0.05) is 31.1 Å². The average Bonchev–Trinajstić information content (AvgIpc) is 3.29. The van der Waals surface area contributed by atoms with Gasteiger partial charge >= 0.3 is 0 Å². The van der Waals surface area contributed by atoms with E-state index < -0.39 is 0 Å². The highest BCUT2D eigenvalue weighted by molar-refractivity contribution is 7.09. The molecular formula is C19H24N4O2S. The van der Waals surface area contributed by atoms with E-state index in [2.05, 4.69) is 23.4 Å². The van der Waals surface area contributed by atoms with Crippen LogP contribution in [0.25, 0.3) is 0 Å². The number of hydrogen-bond donors (Lipinski definition) is 0. The molecule has 2 aromatic heterocycles. The van der Waals surface area contributed by atoms with Gasteiger partial charge in [0.1, 0.15) is 5.69 Å². The molecule has 6 nitrogen and oxygen atoms in total. The highest BCUT2D eigenvalue weighted by Crippen LogP contribution is 2.35. The molecule has 2 aliphatic rings. The predicted octanol–water partition coefficient (Wildman–Crippen LogP) is 2.71. The van der Waals surface area contributed by atoms with Crippen LogP contribution in [0.15, 0.2) is 23.7 Å². The summed E-state index contributed by atoms with van der Waals surface area (Å²) >= 11 is 1.60. The maximum atomic E-state index is 13.1. The fourth-order valence-electron chi connectivity index (χ4n) is 4.04. The van der Waals surface area contributed by atoms with Gasteiger partial charge in [-0.3, -0.25) is 9.59 Å². The summed E-state index contributed by atoms with van der Waals surface area (Å²) in [6.07, 6.45) is 2.52. The number of thiazole rings is 1. The van der Waals surface area contributed by atoms with E-state index in [0.29, 0.717) is 37.7 Å². The lowest BCUT2D eigenvalue weighted by molar-refractivity contribution is -0.131. The smallest absolute Gasteiger partial charge is 0.271 e. The van der Waals surface area contributed by atoms with Crippen LogP contribution in [0.5, 0.6) is 0 Å². The first kappa shape index (κ1) is 17.3. The molecule has 2 atom stereocenters. The van der Waals surface area contributed by atoms with Crippen molar-refractivity contribution >= 4 is 23.2 Å². The summed E-state index contributed by atoms with van der Waals surface area (Å²) in [6.45, 7) is 7.86. The molecule has 26 heavy (non-hydrogen) atoms. The van der Waals surface area contributed by atoms with E-state index in [9.17, 15) is 9.59 Å². The normalized spacial score (nSPS) is 22.1. The number of nitrogens with zero attached hydrogens (tertiary/aromatic N) is 4. The lowest BCUT2D eigenvalue weighted by Gasteiger charge is -2.37. The molecule has 0 saturated carbocycles. The molecular weight excluding hydrogens is 348 g/mol. The van der Waals surface area contributed by atoms with Gasteiger partial charge in [0.2, 0.25) is 5.91 Å². The molecule has 0 spiro atoms. The number of aryl methyl sites for hydroxylation is 1. The topological polar surface area (TPSA) is 58.4 Å². The van der Waals surface area contributed by atoms with E-state index in [1.807, 2.05) is 40.4 Å². The Balaban J connectivity index is 1.63. The van der Waals surface area contributed by atoms with Crippen LogP contribution in [0.1, 0.15) is 47.5 Å². The molecule has 0 unspecified atom stereocenters. The summed E-state index contributed by atoms with van der Waals surface area (Å²) in [7, 11) is 0. The largest absolute Gasteiger partial charge is 0.338 e. The number of fused-ring (bicyclic) bond motifs is 3. The molecule has 0 aliphatic carbocycles. The number of carbonyl (C=O) groups is 2. The summed E-state index contributed by atoms with van der Waals surface area (Å²) < 4.78 is 2.05. The zero-order valence-corrected chi connectivity index (χ0v) is 16.2. The summed E-state index contributed by atoms with van der Waals surface area (Å²) in [5.41, 5.74) is 1.63. The lowest BCUT2D eigenvalue weighted by Crippen LogP contribution is -2.50. The third-order valence-corrected chi connectivity index (χ3v) is 6.03. The zero-order chi connectivity index (χ0) is 18.4. The molecule has 2 aliphatic heterocycles. The zero-order valence-electron chi connectivity index (χ0n) is 15.4. The molecule has 4 rings (SSSR count). The van der Waals surface area contributed by atoms with Gasteiger partial charge < -0.3 is 14.4 Å². The molecule has 2 aromatic rings. The molecule has 0 aromatic carbocycles. The minimum absolute atomic E-state index is 0.000480. The maximum Gasteiger partial charge on any atom is 0.271 e. The Morgan fingerprint density at radius 1 is 1.35 bits per heavy atom. The molecule has 138 valence electrons. The quantitative estimate of drug-likeness (QED) is 0.829. The second kappa shape index (κ2) is 6.54.